The number of hydrogen-bond donors (Lipinski definition) is 4. The number of rotatable bonds is 4. The third-order valence-electron chi connectivity index (χ3n) is 2.20. The molecule has 0 amide bonds. The van der Waals surface area contributed by atoms with Crippen molar-refractivity contribution in [1.82, 2.24) is 0 Å². The van der Waals surface area contributed by atoms with E-state index in [9.17, 15) is 15.3 Å². The minimum atomic E-state index is -1.36. The molecule has 0 radical (unpaired) electrons. The van der Waals surface area contributed by atoms with Crippen LogP contribution in [0.5, 0.6) is 0 Å². The Morgan fingerprint density at radius 3 is 2.38 bits per heavy atom. The van der Waals surface area contributed by atoms with E-state index in [1.165, 1.54) is 0 Å². The van der Waals surface area contributed by atoms with Gasteiger partial charge in [-0.25, -0.2) is 0 Å². The zero-order valence-corrected chi connectivity index (χ0v) is 10.0. The van der Waals surface area contributed by atoms with Crippen LogP contribution in [0.3, 0.4) is 0 Å². The smallest absolute Gasteiger partial charge is 0.185 e. The summed E-state index contributed by atoms with van der Waals surface area (Å²) in [7, 11) is 0. The van der Waals surface area contributed by atoms with Crippen molar-refractivity contribution in [3.63, 3.8) is 0 Å². The number of aliphatic hydroxyl groups excluding tert-OH is 4. The molecule has 0 aromatic rings. The summed E-state index contributed by atoms with van der Waals surface area (Å²) in [6.07, 6.45) is -5.93. The maximum atomic E-state index is 9.68. The van der Waals surface area contributed by atoms with E-state index in [0.717, 1.165) is 12.0 Å². The lowest BCUT2D eigenvalue weighted by atomic mass is 9.99. The first-order chi connectivity index (χ1) is 7.47. The van der Waals surface area contributed by atoms with Crippen molar-refractivity contribution in [2.24, 2.45) is 0 Å². The molecule has 0 aromatic heterocycles. The van der Waals surface area contributed by atoms with Gasteiger partial charge in [0.2, 0.25) is 0 Å². The minimum Gasteiger partial charge on any atom is -0.394 e. The monoisotopic (exact) mass is 254 g/mol. The van der Waals surface area contributed by atoms with Crippen LogP contribution < -0.4 is 0 Å². The molecule has 96 valence electrons. The Balaban J connectivity index is 2.57. The molecule has 0 aromatic carbocycles. The van der Waals surface area contributed by atoms with Crippen LogP contribution in [0.2, 0.25) is 0 Å². The number of aliphatic hydroxyl groups is 4. The summed E-state index contributed by atoms with van der Waals surface area (Å²) in [6.45, 7) is 3.31. The van der Waals surface area contributed by atoms with E-state index in [1.54, 1.807) is 0 Å². The summed E-state index contributed by atoms with van der Waals surface area (Å²) in [6, 6.07) is 0. The van der Waals surface area contributed by atoms with Crippen molar-refractivity contribution < 1.29 is 29.3 Å². The van der Waals surface area contributed by atoms with Gasteiger partial charge >= 0.3 is 0 Å². The van der Waals surface area contributed by atoms with Gasteiger partial charge in [-0.3, -0.25) is 0 Å². The van der Waals surface area contributed by atoms with Crippen molar-refractivity contribution in [1.29, 1.82) is 0 Å². The second-order valence-electron chi connectivity index (χ2n) is 3.93. The first kappa shape index (κ1) is 14.2. The molecule has 1 heterocycles. The number of hydrogen-bond acceptors (Lipinski definition) is 7. The largest absolute Gasteiger partial charge is 0.394 e. The fourth-order valence-electron chi connectivity index (χ4n) is 1.35. The van der Waals surface area contributed by atoms with E-state index in [4.69, 9.17) is 14.0 Å². The Morgan fingerprint density at radius 1 is 1.25 bits per heavy atom. The van der Waals surface area contributed by atoms with Crippen molar-refractivity contribution in [3.8, 4) is 0 Å². The fourth-order valence-corrected chi connectivity index (χ4v) is 1.91. The average molecular weight is 254 g/mol. The molecule has 4 N–H and O–H groups in total. The van der Waals surface area contributed by atoms with Crippen molar-refractivity contribution >= 4 is 12.0 Å². The van der Waals surface area contributed by atoms with Gasteiger partial charge in [0.05, 0.1) is 6.61 Å². The summed E-state index contributed by atoms with van der Waals surface area (Å²) < 4.78 is 10.1. The van der Waals surface area contributed by atoms with Crippen LogP contribution in [0.4, 0.5) is 0 Å². The van der Waals surface area contributed by atoms with Crippen molar-refractivity contribution in [2.45, 2.75) is 49.8 Å². The summed E-state index contributed by atoms with van der Waals surface area (Å²) in [5.74, 6) is 0. The van der Waals surface area contributed by atoms with Crippen LogP contribution in [0, 0.1) is 0 Å². The number of ether oxygens (including phenoxy) is 1. The molecule has 7 heteroatoms. The highest BCUT2D eigenvalue weighted by molar-refractivity contribution is 7.95. The Hall–Kier alpha value is 0.110. The minimum absolute atomic E-state index is 0.159. The second-order valence-corrected chi connectivity index (χ2v) is 5.26. The highest BCUT2D eigenvalue weighted by atomic mass is 32.2. The Morgan fingerprint density at radius 2 is 1.88 bits per heavy atom. The molecule has 0 aliphatic carbocycles. The maximum Gasteiger partial charge on any atom is 0.185 e. The standard InChI is InChI=1S/C9H18O6S/c1-4(2)16-15-8-7(12)6(11)5(3-10)14-9(8)13/h4-13H,3H2,1-2H3/t5-,6+,7+,8-,9?/m1/s1. The first-order valence-electron chi connectivity index (χ1n) is 5.10. The molecule has 1 aliphatic rings. The SMILES string of the molecule is CC(C)SO[C@H]1C(O)O[C@H](CO)[C@H](O)[C@@H]1O. The summed E-state index contributed by atoms with van der Waals surface area (Å²) in [5.41, 5.74) is 0. The molecule has 0 saturated carbocycles. The van der Waals surface area contributed by atoms with E-state index < -0.39 is 37.3 Å². The molecule has 16 heavy (non-hydrogen) atoms. The summed E-state index contributed by atoms with van der Waals surface area (Å²) in [4.78, 5) is 0. The van der Waals surface area contributed by atoms with E-state index in [-0.39, 0.29) is 5.25 Å². The highest BCUT2D eigenvalue weighted by Gasteiger charge is 2.44. The highest BCUT2D eigenvalue weighted by Crippen LogP contribution is 2.26. The third kappa shape index (κ3) is 3.30. The topological polar surface area (TPSA) is 99.4 Å². The van der Waals surface area contributed by atoms with Crippen LogP contribution >= 0.6 is 12.0 Å². The van der Waals surface area contributed by atoms with Gasteiger partial charge in [0.15, 0.2) is 12.4 Å². The third-order valence-corrected chi connectivity index (χ3v) is 2.92. The van der Waals surface area contributed by atoms with Crippen molar-refractivity contribution in [3.05, 3.63) is 0 Å². The van der Waals surface area contributed by atoms with Gasteiger partial charge in [0.1, 0.15) is 18.3 Å². The van der Waals surface area contributed by atoms with Gasteiger partial charge in [0.25, 0.3) is 0 Å². The van der Waals surface area contributed by atoms with E-state index in [0.29, 0.717) is 0 Å². The molecule has 1 rings (SSSR count). The van der Waals surface area contributed by atoms with Crippen LogP contribution in [-0.4, -0.2) is 63.0 Å². The zero-order valence-electron chi connectivity index (χ0n) is 9.18. The van der Waals surface area contributed by atoms with E-state index in [2.05, 4.69) is 0 Å². The van der Waals surface area contributed by atoms with Crippen LogP contribution in [0.1, 0.15) is 13.8 Å². The lowest BCUT2D eigenvalue weighted by molar-refractivity contribution is -0.278. The predicted molar refractivity (Wildman–Crippen MR) is 57.6 cm³/mol. The predicted octanol–water partition coefficient (Wildman–Crippen LogP) is -1.14. The van der Waals surface area contributed by atoms with Crippen LogP contribution in [0.15, 0.2) is 0 Å². The van der Waals surface area contributed by atoms with E-state index in [1.807, 2.05) is 13.8 Å². The fraction of sp³-hybridized carbons (Fsp3) is 1.00. The normalized spacial score (nSPS) is 40.3. The van der Waals surface area contributed by atoms with Crippen LogP contribution in [-0.2, 0) is 8.92 Å². The first-order valence-corrected chi connectivity index (χ1v) is 5.90. The molecule has 1 fully saturated rings. The lowest BCUT2D eigenvalue weighted by Crippen LogP contribution is -2.58. The molecule has 5 atom stereocenters. The zero-order chi connectivity index (χ0) is 12.3. The average Bonchev–Trinajstić information content (AvgIpc) is 2.22. The molecule has 1 aliphatic heterocycles. The van der Waals surface area contributed by atoms with E-state index >= 15 is 0 Å². The molecule has 6 nitrogen and oxygen atoms in total. The molecule has 1 unspecified atom stereocenters. The molecule has 0 spiro atoms. The lowest BCUT2D eigenvalue weighted by Gasteiger charge is -2.39. The van der Waals surface area contributed by atoms with Crippen LogP contribution in [0.25, 0.3) is 0 Å². The summed E-state index contributed by atoms with van der Waals surface area (Å²) in [5, 5.41) is 37.8. The summed E-state index contributed by atoms with van der Waals surface area (Å²) >= 11 is 1.08. The maximum absolute atomic E-state index is 9.68. The quantitative estimate of drug-likeness (QED) is 0.471. The Labute approximate surface area is 98.4 Å². The van der Waals surface area contributed by atoms with Gasteiger partial charge in [0, 0.05) is 5.25 Å². The van der Waals surface area contributed by atoms with Gasteiger partial charge in [-0.15, -0.1) is 0 Å². The van der Waals surface area contributed by atoms with Gasteiger partial charge < -0.3 is 29.3 Å². The molecular formula is C9H18O6S. The van der Waals surface area contributed by atoms with Gasteiger partial charge in [-0.2, -0.15) is 0 Å². The Kier molecular flexibility index (Phi) is 5.45. The molecular weight excluding hydrogens is 236 g/mol. The Bertz CT molecular complexity index is 214. The molecule has 1 saturated heterocycles. The molecule has 0 bridgehead atoms. The second kappa shape index (κ2) is 6.15. The van der Waals surface area contributed by atoms with Gasteiger partial charge in [-0.05, 0) is 12.0 Å². The van der Waals surface area contributed by atoms with Gasteiger partial charge in [-0.1, -0.05) is 13.8 Å². The van der Waals surface area contributed by atoms with Crippen molar-refractivity contribution in [2.75, 3.05) is 6.61 Å².